The van der Waals surface area contributed by atoms with Gasteiger partial charge in [0.25, 0.3) is 5.91 Å². The van der Waals surface area contributed by atoms with Crippen molar-refractivity contribution < 1.29 is 35.9 Å². The van der Waals surface area contributed by atoms with Gasteiger partial charge in [-0.15, -0.1) is 0 Å². The molecule has 2 saturated heterocycles. The molecule has 36 heavy (non-hydrogen) atoms. The smallest absolute Gasteiger partial charge is 0.254 e. The van der Waals surface area contributed by atoms with Gasteiger partial charge in [-0.25, -0.2) is 21.6 Å². The van der Waals surface area contributed by atoms with E-state index in [1.807, 2.05) is 0 Å². The predicted molar refractivity (Wildman–Crippen MR) is 125 cm³/mol. The van der Waals surface area contributed by atoms with Crippen molar-refractivity contribution in [2.45, 2.75) is 48.5 Å². The molecule has 2 aromatic carbocycles. The Bertz CT molecular complexity index is 1320. The molecule has 7 nitrogen and oxygen atoms in total. The van der Waals surface area contributed by atoms with Crippen molar-refractivity contribution in [1.82, 2.24) is 10.2 Å². The number of carbonyl (C=O) groups excluding carboxylic acids is 2. The van der Waals surface area contributed by atoms with Crippen LogP contribution in [0.5, 0.6) is 0 Å². The van der Waals surface area contributed by atoms with Crippen LogP contribution in [0.15, 0.2) is 41.3 Å². The molecule has 2 aromatic rings. The maximum absolute atomic E-state index is 15.5. The first-order valence-electron chi connectivity index (χ1n) is 11.2. The maximum Gasteiger partial charge on any atom is 0.254 e. The van der Waals surface area contributed by atoms with Crippen LogP contribution >= 0.6 is 11.6 Å². The number of hydrogen-bond acceptors (Lipinski definition) is 5. The van der Waals surface area contributed by atoms with E-state index < -0.39 is 74.8 Å². The van der Waals surface area contributed by atoms with E-state index in [4.69, 9.17) is 16.3 Å². The van der Waals surface area contributed by atoms with Crippen LogP contribution in [0, 0.1) is 11.6 Å². The molecule has 2 fully saturated rings. The maximum atomic E-state index is 15.5. The van der Waals surface area contributed by atoms with Crippen LogP contribution in [-0.2, 0) is 19.4 Å². The van der Waals surface area contributed by atoms with Crippen molar-refractivity contribution >= 4 is 33.3 Å². The highest BCUT2D eigenvalue weighted by Crippen LogP contribution is 2.39. The summed E-state index contributed by atoms with van der Waals surface area (Å²) in [5.41, 5.74) is -2.55. The minimum atomic E-state index is -3.57. The summed E-state index contributed by atoms with van der Waals surface area (Å²) in [6, 6.07) is 3.88. The number of rotatable bonds is 6. The van der Waals surface area contributed by atoms with E-state index in [0.29, 0.717) is 12.5 Å². The molecular weight excluding hydrogens is 521 g/mol. The molecule has 0 radical (unpaired) electrons. The number of alkyl halides is 1. The van der Waals surface area contributed by atoms with Crippen LogP contribution in [0.2, 0.25) is 5.02 Å². The third kappa shape index (κ3) is 4.96. The second-order valence-corrected chi connectivity index (χ2v) is 11.6. The van der Waals surface area contributed by atoms with E-state index in [1.54, 1.807) is 6.92 Å². The molecule has 194 valence electrons. The molecule has 3 atom stereocenters. The lowest BCUT2D eigenvalue weighted by molar-refractivity contribution is -0.155. The Morgan fingerprint density at radius 1 is 1.17 bits per heavy atom. The van der Waals surface area contributed by atoms with E-state index in [0.717, 1.165) is 12.3 Å². The molecule has 2 amide bonds. The Hall–Kier alpha value is -2.63. The monoisotopic (exact) mass is 544 g/mol. The number of nitrogens with zero attached hydrogens (tertiary/aromatic N) is 1. The van der Waals surface area contributed by atoms with E-state index in [-0.39, 0.29) is 22.9 Å². The minimum Gasteiger partial charge on any atom is -0.374 e. The topological polar surface area (TPSA) is 92.8 Å². The van der Waals surface area contributed by atoms with Crippen molar-refractivity contribution in [3.63, 3.8) is 0 Å². The van der Waals surface area contributed by atoms with Crippen LogP contribution < -0.4 is 5.32 Å². The SMILES string of the molecule is C[C@@H]1CC[C@H](C(=O)N[C@@H](c2cc(F)c(Cl)cc2F)C2(F)COC2)N1C(=O)c1cccc(S(C)(=O)=O)c1. The standard InChI is InChI=1S/C24H24ClF3N2O5S/c1-13-6-7-20(30(13)23(32)14-4-3-5-15(8-14)36(2,33)34)22(31)29-21(24(28)11-35-12-24)16-9-19(27)17(25)10-18(16)26/h3-5,8-10,13,20-21H,6-7,11-12H2,1-2H3,(H,29,31)/t13-,20-,21+/m1/s1. The van der Waals surface area contributed by atoms with Gasteiger partial charge in [0.15, 0.2) is 15.5 Å². The fraction of sp³-hybridized carbons (Fsp3) is 0.417. The Labute approximate surface area is 211 Å². The molecule has 0 spiro atoms. The second kappa shape index (κ2) is 9.68. The Morgan fingerprint density at radius 2 is 1.86 bits per heavy atom. The lowest BCUT2D eigenvalue weighted by Gasteiger charge is -2.41. The summed E-state index contributed by atoms with van der Waals surface area (Å²) in [5, 5.41) is 1.98. The highest BCUT2D eigenvalue weighted by molar-refractivity contribution is 7.90. The van der Waals surface area contributed by atoms with E-state index in [2.05, 4.69) is 5.32 Å². The van der Waals surface area contributed by atoms with Gasteiger partial charge in [0.2, 0.25) is 5.91 Å². The molecule has 0 aromatic heterocycles. The van der Waals surface area contributed by atoms with Crippen molar-refractivity contribution in [3.8, 4) is 0 Å². The van der Waals surface area contributed by atoms with Gasteiger partial charge in [0.05, 0.1) is 29.2 Å². The minimum absolute atomic E-state index is 0.0501. The van der Waals surface area contributed by atoms with Gasteiger partial charge in [0, 0.05) is 23.4 Å². The number of amides is 2. The number of ether oxygens (including phenoxy) is 1. The largest absolute Gasteiger partial charge is 0.374 e. The van der Waals surface area contributed by atoms with Gasteiger partial charge in [-0.2, -0.15) is 0 Å². The normalized spacial score (nSPS) is 22.1. The van der Waals surface area contributed by atoms with Gasteiger partial charge < -0.3 is 15.0 Å². The molecule has 12 heteroatoms. The predicted octanol–water partition coefficient (Wildman–Crippen LogP) is 3.61. The molecule has 4 rings (SSSR count). The molecular formula is C24H24ClF3N2O5S. The zero-order valence-corrected chi connectivity index (χ0v) is 21.0. The fourth-order valence-electron chi connectivity index (χ4n) is 4.54. The summed E-state index contributed by atoms with van der Waals surface area (Å²) in [4.78, 5) is 27.9. The molecule has 2 aliphatic rings. The van der Waals surface area contributed by atoms with Crippen molar-refractivity contribution in [2.24, 2.45) is 0 Å². The summed E-state index contributed by atoms with van der Waals surface area (Å²) in [6.07, 6.45) is 1.71. The number of hydrogen-bond donors (Lipinski definition) is 1. The van der Waals surface area contributed by atoms with Crippen molar-refractivity contribution in [3.05, 3.63) is 64.2 Å². The van der Waals surface area contributed by atoms with Crippen LogP contribution in [0.1, 0.15) is 41.7 Å². The lowest BCUT2D eigenvalue weighted by atomic mass is 9.87. The second-order valence-electron chi connectivity index (χ2n) is 9.21. The Balaban J connectivity index is 1.63. The van der Waals surface area contributed by atoms with Gasteiger partial charge >= 0.3 is 0 Å². The number of nitrogens with one attached hydrogen (secondary N) is 1. The Kier molecular flexibility index (Phi) is 7.11. The summed E-state index contributed by atoms with van der Waals surface area (Å²) in [6.45, 7) is 0.848. The lowest BCUT2D eigenvalue weighted by Crippen LogP contribution is -2.58. The average molecular weight is 545 g/mol. The third-order valence-electron chi connectivity index (χ3n) is 6.55. The van der Waals surface area contributed by atoms with Crippen molar-refractivity contribution in [1.29, 1.82) is 0 Å². The van der Waals surface area contributed by atoms with E-state index in [9.17, 15) is 26.8 Å². The number of likely N-dealkylation sites (tertiary alicyclic amines) is 1. The van der Waals surface area contributed by atoms with Crippen LogP contribution in [0.3, 0.4) is 0 Å². The molecule has 0 aliphatic carbocycles. The zero-order valence-electron chi connectivity index (χ0n) is 19.4. The van der Waals surface area contributed by atoms with Crippen LogP contribution in [-0.4, -0.2) is 62.4 Å². The van der Waals surface area contributed by atoms with E-state index >= 15 is 4.39 Å². The highest BCUT2D eigenvalue weighted by Gasteiger charge is 2.50. The first-order chi connectivity index (χ1) is 16.8. The molecule has 0 bridgehead atoms. The highest BCUT2D eigenvalue weighted by atomic mass is 35.5. The molecule has 0 saturated carbocycles. The summed E-state index contributed by atoms with van der Waals surface area (Å²) < 4.78 is 73.1. The van der Waals surface area contributed by atoms with Gasteiger partial charge in [-0.1, -0.05) is 17.7 Å². The molecule has 0 unspecified atom stereocenters. The third-order valence-corrected chi connectivity index (χ3v) is 7.95. The molecule has 1 N–H and O–H groups in total. The quantitative estimate of drug-likeness (QED) is 0.561. The summed E-state index contributed by atoms with van der Waals surface area (Å²) in [7, 11) is -3.57. The fourth-order valence-corrected chi connectivity index (χ4v) is 5.36. The number of halogens is 4. The van der Waals surface area contributed by atoms with Gasteiger partial charge in [-0.05, 0) is 50.1 Å². The zero-order chi connectivity index (χ0) is 26.4. The number of benzene rings is 2. The number of carbonyl (C=O) groups is 2. The molecule has 2 heterocycles. The Morgan fingerprint density at radius 3 is 2.47 bits per heavy atom. The van der Waals surface area contributed by atoms with Crippen LogP contribution in [0.25, 0.3) is 0 Å². The first-order valence-corrected chi connectivity index (χ1v) is 13.4. The van der Waals surface area contributed by atoms with E-state index in [1.165, 1.54) is 29.2 Å². The van der Waals surface area contributed by atoms with Gasteiger partial charge in [-0.3, -0.25) is 9.59 Å². The van der Waals surface area contributed by atoms with Crippen LogP contribution in [0.4, 0.5) is 13.2 Å². The molecule has 2 aliphatic heterocycles. The van der Waals surface area contributed by atoms with Crippen molar-refractivity contribution in [2.75, 3.05) is 19.5 Å². The van der Waals surface area contributed by atoms with Gasteiger partial charge in [0.1, 0.15) is 17.7 Å². The number of sulfone groups is 1. The average Bonchev–Trinajstić information content (AvgIpc) is 3.19. The first kappa shape index (κ1) is 26.4. The summed E-state index contributed by atoms with van der Waals surface area (Å²) >= 11 is 5.63. The summed E-state index contributed by atoms with van der Waals surface area (Å²) in [5.74, 6) is -3.31.